The van der Waals surface area contributed by atoms with Crippen molar-refractivity contribution < 1.29 is 4.74 Å². The molecule has 66 valence electrons. The highest BCUT2D eigenvalue weighted by Crippen LogP contribution is 2.40. The van der Waals surface area contributed by atoms with E-state index < -0.39 is 0 Å². The van der Waals surface area contributed by atoms with Gasteiger partial charge < -0.3 is 10.5 Å². The van der Waals surface area contributed by atoms with Crippen molar-refractivity contribution in [3.05, 3.63) is 21.1 Å². The quantitative estimate of drug-likeness (QED) is 0.589. The molecule has 0 unspecified atom stereocenters. The molecule has 0 aliphatic heterocycles. The van der Waals surface area contributed by atoms with Gasteiger partial charge in [-0.2, -0.15) is 0 Å². The SMILES string of the molecule is COc1cc(Cl)c(Cl)c(Cl)c1N. The summed E-state index contributed by atoms with van der Waals surface area (Å²) in [5.74, 6) is 0.425. The van der Waals surface area contributed by atoms with Crippen LogP contribution in [-0.2, 0) is 0 Å². The van der Waals surface area contributed by atoms with Gasteiger partial charge in [-0.1, -0.05) is 34.8 Å². The van der Waals surface area contributed by atoms with Crippen molar-refractivity contribution in [3.8, 4) is 5.75 Å². The van der Waals surface area contributed by atoms with Crippen molar-refractivity contribution in [2.24, 2.45) is 0 Å². The van der Waals surface area contributed by atoms with Gasteiger partial charge in [0.05, 0.1) is 27.9 Å². The number of rotatable bonds is 1. The topological polar surface area (TPSA) is 35.2 Å². The van der Waals surface area contributed by atoms with Gasteiger partial charge in [0.25, 0.3) is 0 Å². The van der Waals surface area contributed by atoms with E-state index >= 15 is 0 Å². The van der Waals surface area contributed by atoms with E-state index in [9.17, 15) is 0 Å². The smallest absolute Gasteiger partial charge is 0.144 e. The number of hydrogen-bond donors (Lipinski definition) is 1. The molecule has 5 heteroatoms. The van der Waals surface area contributed by atoms with E-state index in [1.807, 2.05) is 0 Å². The highest BCUT2D eigenvalue weighted by atomic mass is 35.5. The molecule has 2 nitrogen and oxygen atoms in total. The molecule has 0 amide bonds. The number of benzene rings is 1. The lowest BCUT2D eigenvalue weighted by Gasteiger charge is -2.08. The summed E-state index contributed by atoms with van der Waals surface area (Å²) in [6.45, 7) is 0. The predicted molar refractivity (Wildman–Crippen MR) is 52.4 cm³/mol. The fraction of sp³-hybridized carbons (Fsp3) is 0.143. The Labute approximate surface area is 85.2 Å². The first-order chi connectivity index (χ1) is 5.57. The Morgan fingerprint density at radius 1 is 1.25 bits per heavy atom. The van der Waals surface area contributed by atoms with Gasteiger partial charge in [0.1, 0.15) is 5.75 Å². The average Bonchev–Trinajstić information content (AvgIpc) is 2.08. The zero-order chi connectivity index (χ0) is 9.30. The number of methoxy groups -OCH3 is 1. The van der Waals surface area contributed by atoms with E-state index in [0.717, 1.165) is 0 Å². The van der Waals surface area contributed by atoms with E-state index in [0.29, 0.717) is 16.5 Å². The largest absolute Gasteiger partial charge is 0.494 e. The van der Waals surface area contributed by atoms with Crippen molar-refractivity contribution in [3.63, 3.8) is 0 Å². The first-order valence-electron chi connectivity index (χ1n) is 3.05. The molecule has 0 radical (unpaired) electrons. The van der Waals surface area contributed by atoms with E-state index in [1.165, 1.54) is 13.2 Å². The van der Waals surface area contributed by atoms with Crippen LogP contribution in [0.15, 0.2) is 6.07 Å². The summed E-state index contributed by atoms with van der Waals surface area (Å²) >= 11 is 17.2. The molecule has 1 rings (SSSR count). The lowest BCUT2D eigenvalue weighted by atomic mass is 10.3. The fourth-order valence-corrected chi connectivity index (χ4v) is 1.35. The van der Waals surface area contributed by atoms with E-state index in [1.54, 1.807) is 0 Å². The van der Waals surface area contributed by atoms with Gasteiger partial charge in [-0.15, -0.1) is 0 Å². The maximum atomic E-state index is 5.75. The molecule has 0 fully saturated rings. The molecule has 1 aromatic rings. The van der Waals surface area contributed by atoms with Gasteiger partial charge in [0.15, 0.2) is 0 Å². The van der Waals surface area contributed by atoms with Gasteiger partial charge in [0, 0.05) is 6.07 Å². The second-order valence-electron chi connectivity index (χ2n) is 2.10. The Hall–Kier alpha value is -0.310. The molecule has 0 heterocycles. The van der Waals surface area contributed by atoms with Crippen LogP contribution < -0.4 is 10.5 Å². The zero-order valence-corrected chi connectivity index (χ0v) is 8.46. The molecule has 0 aliphatic carbocycles. The lowest BCUT2D eigenvalue weighted by molar-refractivity contribution is 0.417. The highest BCUT2D eigenvalue weighted by Gasteiger charge is 2.11. The summed E-state index contributed by atoms with van der Waals surface area (Å²) < 4.78 is 4.91. The van der Waals surface area contributed by atoms with Gasteiger partial charge in [-0.25, -0.2) is 0 Å². The molecule has 12 heavy (non-hydrogen) atoms. The zero-order valence-electron chi connectivity index (χ0n) is 6.20. The number of ether oxygens (including phenoxy) is 1. The molecule has 0 saturated carbocycles. The Morgan fingerprint density at radius 2 is 1.83 bits per heavy atom. The van der Waals surface area contributed by atoms with Gasteiger partial charge in [-0.05, 0) is 0 Å². The van der Waals surface area contributed by atoms with Crippen LogP contribution in [0.25, 0.3) is 0 Å². The van der Waals surface area contributed by atoms with Crippen LogP contribution in [0, 0.1) is 0 Å². The van der Waals surface area contributed by atoms with Crippen LogP contribution in [0.3, 0.4) is 0 Å². The molecule has 2 N–H and O–H groups in total. The second kappa shape index (κ2) is 3.60. The van der Waals surface area contributed by atoms with E-state index in [4.69, 9.17) is 45.3 Å². The Bertz CT molecular complexity index is 314. The standard InChI is InChI=1S/C7H6Cl3NO/c1-12-4-2-3(8)5(9)6(10)7(4)11/h2H,11H2,1H3. The van der Waals surface area contributed by atoms with Crippen molar-refractivity contribution in [2.45, 2.75) is 0 Å². The number of halogens is 3. The van der Waals surface area contributed by atoms with Gasteiger partial charge >= 0.3 is 0 Å². The summed E-state index contributed by atoms with van der Waals surface area (Å²) in [5, 5.41) is 0.797. The minimum absolute atomic E-state index is 0.223. The van der Waals surface area contributed by atoms with Crippen LogP contribution >= 0.6 is 34.8 Å². The number of nitrogen functional groups attached to an aromatic ring is 1. The monoisotopic (exact) mass is 225 g/mol. The Kier molecular flexibility index (Phi) is 2.94. The van der Waals surface area contributed by atoms with Crippen LogP contribution in [-0.4, -0.2) is 7.11 Å². The van der Waals surface area contributed by atoms with Crippen LogP contribution in [0.1, 0.15) is 0 Å². The molecule has 0 bridgehead atoms. The van der Waals surface area contributed by atoms with Crippen molar-refractivity contribution in [1.29, 1.82) is 0 Å². The third-order valence-corrected chi connectivity index (χ3v) is 2.66. The van der Waals surface area contributed by atoms with Crippen LogP contribution in [0.5, 0.6) is 5.75 Å². The van der Waals surface area contributed by atoms with Crippen molar-refractivity contribution in [2.75, 3.05) is 12.8 Å². The van der Waals surface area contributed by atoms with Gasteiger partial charge in [0.2, 0.25) is 0 Å². The number of anilines is 1. The predicted octanol–water partition coefficient (Wildman–Crippen LogP) is 3.24. The van der Waals surface area contributed by atoms with Crippen molar-refractivity contribution in [1.82, 2.24) is 0 Å². The van der Waals surface area contributed by atoms with E-state index in [-0.39, 0.29) is 10.0 Å². The van der Waals surface area contributed by atoms with Gasteiger partial charge in [-0.3, -0.25) is 0 Å². The summed E-state index contributed by atoms with van der Waals surface area (Å²) in [5.41, 5.74) is 5.86. The summed E-state index contributed by atoms with van der Waals surface area (Å²) in [6.07, 6.45) is 0. The molecule has 0 aliphatic rings. The van der Waals surface area contributed by atoms with Crippen molar-refractivity contribution >= 4 is 40.5 Å². The lowest BCUT2D eigenvalue weighted by Crippen LogP contribution is -1.93. The minimum Gasteiger partial charge on any atom is -0.494 e. The number of hydrogen-bond acceptors (Lipinski definition) is 2. The summed E-state index contributed by atoms with van der Waals surface area (Å²) in [7, 11) is 1.48. The average molecular weight is 226 g/mol. The molecular weight excluding hydrogens is 220 g/mol. The summed E-state index contributed by atoms with van der Waals surface area (Å²) in [4.78, 5) is 0. The third-order valence-electron chi connectivity index (χ3n) is 1.38. The minimum atomic E-state index is 0.223. The first kappa shape index (κ1) is 9.78. The molecule has 0 atom stereocenters. The molecular formula is C7H6Cl3NO. The summed E-state index contributed by atoms with van der Waals surface area (Å²) in [6, 6.07) is 1.52. The molecule has 0 aromatic heterocycles. The third kappa shape index (κ3) is 1.56. The normalized spacial score (nSPS) is 10.0. The maximum absolute atomic E-state index is 5.75. The molecule has 1 aromatic carbocycles. The molecule has 0 saturated heterocycles. The molecule has 0 spiro atoms. The second-order valence-corrected chi connectivity index (χ2v) is 3.27. The number of nitrogens with two attached hydrogens (primary N) is 1. The van der Waals surface area contributed by atoms with E-state index in [2.05, 4.69) is 0 Å². The van der Waals surface area contributed by atoms with Crippen LogP contribution in [0.4, 0.5) is 5.69 Å². The Balaban J connectivity index is 3.39. The maximum Gasteiger partial charge on any atom is 0.144 e. The Morgan fingerprint density at radius 3 is 2.33 bits per heavy atom. The first-order valence-corrected chi connectivity index (χ1v) is 4.18. The van der Waals surface area contributed by atoms with Crippen LogP contribution in [0.2, 0.25) is 15.1 Å². The fourth-order valence-electron chi connectivity index (χ4n) is 0.756. The highest BCUT2D eigenvalue weighted by molar-refractivity contribution is 6.49.